The van der Waals surface area contributed by atoms with Crippen LogP contribution in [0.15, 0.2) is 72.8 Å². The van der Waals surface area contributed by atoms with Crippen LogP contribution in [-0.2, 0) is 32.2 Å². The molecule has 3 aliphatic rings. The second-order valence-corrected chi connectivity index (χ2v) is 15.1. The fourth-order valence-corrected chi connectivity index (χ4v) is 8.46. The predicted octanol–water partition coefficient (Wildman–Crippen LogP) is 6.65. The minimum atomic E-state index is -0.524. The first-order valence-electron chi connectivity index (χ1n) is 17.6. The number of aliphatic hydroxyl groups excluding tert-OH is 1. The van der Waals surface area contributed by atoms with Crippen LogP contribution in [0.4, 0.5) is 4.79 Å². The van der Waals surface area contributed by atoms with Gasteiger partial charge in [0, 0.05) is 37.7 Å². The van der Waals surface area contributed by atoms with Crippen molar-refractivity contribution < 1.29 is 28.9 Å². The van der Waals surface area contributed by atoms with Crippen molar-refractivity contribution in [2.75, 3.05) is 26.2 Å². The molecule has 3 fully saturated rings. The van der Waals surface area contributed by atoms with Crippen molar-refractivity contribution in [1.82, 2.24) is 15.5 Å². The molecule has 5 atom stereocenters. The molecule has 9 nitrogen and oxygen atoms in total. The van der Waals surface area contributed by atoms with Crippen molar-refractivity contribution in [1.29, 1.82) is 0 Å². The first-order valence-corrected chi connectivity index (χ1v) is 17.6. The lowest BCUT2D eigenvalue weighted by Crippen LogP contribution is -2.42. The van der Waals surface area contributed by atoms with Gasteiger partial charge < -0.3 is 30.0 Å². The topological polar surface area (TPSA) is 109 Å². The Morgan fingerprint density at radius 2 is 1.67 bits per heavy atom. The van der Waals surface area contributed by atoms with Crippen LogP contribution in [0.25, 0.3) is 11.1 Å². The summed E-state index contributed by atoms with van der Waals surface area (Å²) in [4.78, 5) is 26.6. The summed E-state index contributed by atoms with van der Waals surface area (Å²) >= 11 is 0. The Labute approximate surface area is 290 Å². The Balaban J connectivity index is 1.17. The molecule has 3 N–H and O–H groups in total. The number of esters is 1. The molecule has 2 heterocycles. The van der Waals surface area contributed by atoms with E-state index in [2.05, 4.69) is 72.7 Å². The van der Waals surface area contributed by atoms with Gasteiger partial charge in [-0.15, -0.1) is 0 Å². The van der Waals surface area contributed by atoms with E-state index in [9.17, 15) is 14.7 Å². The molecule has 1 saturated carbocycles. The molecule has 2 bridgehead atoms. The standard InChI is InChI=1S/C40H51N3O6/c1-5-47-36(45)22-42-38(46)41-21-31-8-6-7-9-34(31)28-14-16-30(17-15-28)37-48-33(18-35(49-37)29-12-10-27(24-44)11-13-29)23-43-26-40(4)20-32(43)19-39(2,3)25-40/h6-17,32-33,35,37,44H,5,18-26H2,1-4H3,(H2,41,42,46)/t32?,33-,35+,37+,40?/m1/s1. The molecule has 6 rings (SSSR count). The third-order valence-corrected chi connectivity index (χ3v) is 10.2. The van der Waals surface area contributed by atoms with Gasteiger partial charge in [0.25, 0.3) is 0 Å². The zero-order chi connectivity index (χ0) is 34.6. The van der Waals surface area contributed by atoms with Crippen LogP contribution in [0.3, 0.4) is 0 Å². The number of rotatable bonds is 11. The fraction of sp³-hybridized carbons (Fsp3) is 0.500. The lowest BCUT2D eigenvalue weighted by Gasteiger charge is -2.41. The maximum absolute atomic E-state index is 12.3. The van der Waals surface area contributed by atoms with E-state index in [0.29, 0.717) is 23.4 Å². The normalized spacial score (nSPS) is 26.2. The highest BCUT2D eigenvalue weighted by Gasteiger charge is 2.50. The number of aliphatic hydroxyl groups is 1. The first-order chi connectivity index (χ1) is 23.5. The van der Waals surface area contributed by atoms with Gasteiger partial charge in [0.05, 0.1) is 25.4 Å². The van der Waals surface area contributed by atoms with Gasteiger partial charge in [0.15, 0.2) is 6.29 Å². The molecule has 0 spiro atoms. The second-order valence-electron chi connectivity index (χ2n) is 15.1. The van der Waals surface area contributed by atoms with Crippen LogP contribution < -0.4 is 10.6 Å². The molecule has 2 saturated heterocycles. The number of amides is 2. The summed E-state index contributed by atoms with van der Waals surface area (Å²) in [6.07, 6.45) is 3.86. The second kappa shape index (κ2) is 15.0. The minimum Gasteiger partial charge on any atom is -0.465 e. The van der Waals surface area contributed by atoms with Crippen molar-refractivity contribution >= 4 is 12.0 Å². The Kier molecular flexibility index (Phi) is 10.7. The molecule has 3 aromatic rings. The van der Waals surface area contributed by atoms with E-state index in [-0.39, 0.29) is 32.0 Å². The number of ether oxygens (including phenoxy) is 3. The van der Waals surface area contributed by atoms with E-state index in [1.807, 2.05) is 36.4 Å². The van der Waals surface area contributed by atoms with Gasteiger partial charge in [-0.05, 0) is 64.8 Å². The highest BCUT2D eigenvalue weighted by atomic mass is 16.7. The zero-order valence-electron chi connectivity index (χ0n) is 29.2. The molecule has 2 amide bonds. The number of hydrogen-bond donors (Lipinski definition) is 3. The average Bonchev–Trinajstić information content (AvgIpc) is 3.33. The summed E-state index contributed by atoms with van der Waals surface area (Å²) in [5.74, 6) is -0.474. The number of carbonyl (C=O) groups excluding carboxylic acids is 2. The van der Waals surface area contributed by atoms with Gasteiger partial charge in [-0.1, -0.05) is 93.6 Å². The number of hydrogen-bond acceptors (Lipinski definition) is 7. The average molecular weight is 670 g/mol. The van der Waals surface area contributed by atoms with E-state index in [4.69, 9.17) is 14.2 Å². The van der Waals surface area contributed by atoms with Crippen molar-refractivity contribution in [3.8, 4) is 11.1 Å². The Morgan fingerprint density at radius 1 is 0.939 bits per heavy atom. The van der Waals surface area contributed by atoms with Crippen molar-refractivity contribution in [3.05, 3.63) is 95.1 Å². The molecule has 2 aliphatic heterocycles. The van der Waals surface area contributed by atoms with Crippen LogP contribution in [0.1, 0.15) is 88.0 Å². The number of nitrogens with one attached hydrogen (secondary N) is 2. The van der Waals surface area contributed by atoms with Gasteiger partial charge in [-0.3, -0.25) is 9.69 Å². The summed E-state index contributed by atoms with van der Waals surface area (Å²) in [5.41, 5.74) is 6.59. The summed E-state index contributed by atoms with van der Waals surface area (Å²) < 4.78 is 18.3. The number of urea groups is 1. The summed E-state index contributed by atoms with van der Waals surface area (Å²) in [6.45, 7) is 11.4. The van der Waals surface area contributed by atoms with Gasteiger partial charge in [0.1, 0.15) is 6.54 Å². The molecule has 1 aliphatic carbocycles. The van der Waals surface area contributed by atoms with Crippen LogP contribution in [0.2, 0.25) is 0 Å². The van der Waals surface area contributed by atoms with E-state index in [1.54, 1.807) is 6.92 Å². The predicted molar refractivity (Wildman–Crippen MR) is 188 cm³/mol. The molecule has 262 valence electrons. The highest BCUT2D eigenvalue weighted by Crippen LogP contribution is 2.53. The number of likely N-dealkylation sites (tertiary alicyclic amines) is 1. The van der Waals surface area contributed by atoms with E-state index < -0.39 is 18.3 Å². The molecule has 49 heavy (non-hydrogen) atoms. The lowest BCUT2D eigenvalue weighted by atomic mass is 9.65. The Hall–Kier alpha value is -3.76. The zero-order valence-corrected chi connectivity index (χ0v) is 29.2. The van der Waals surface area contributed by atoms with Gasteiger partial charge in [-0.25, -0.2) is 4.79 Å². The number of fused-ring (bicyclic) bond motifs is 2. The van der Waals surface area contributed by atoms with Crippen LogP contribution in [0.5, 0.6) is 0 Å². The third-order valence-electron chi connectivity index (χ3n) is 10.2. The Bertz CT molecular complexity index is 1590. The SMILES string of the molecule is CCOC(=O)CNC(=O)NCc1ccccc1-c1ccc([C@H]2O[C@@H](CN3CC4(C)CC3CC(C)(C)C4)C[C@@H](c3ccc(CO)cc3)O2)cc1. The lowest BCUT2D eigenvalue weighted by molar-refractivity contribution is -0.253. The minimum absolute atomic E-state index is 0.00813. The first kappa shape index (κ1) is 35.1. The number of carbonyl (C=O) groups is 2. The monoisotopic (exact) mass is 669 g/mol. The molecule has 0 aromatic heterocycles. The van der Waals surface area contributed by atoms with Crippen LogP contribution >= 0.6 is 0 Å². The van der Waals surface area contributed by atoms with Gasteiger partial charge >= 0.3 is 12.0 Å². The van der Waals surface area contributed by atoms with Crippen LogP contribution in [-0.4, -0.2) is 60.4 Å². The van der Waals surface area contributed by atoms with Crippen LogP contribution in [0, 0.1) is 10.8 Å². The molecule has 2 unspecified atom stereocenters. The number of nitrogens with zero attached hydrogens (tertiary/aromatic N) is 1. The largest absolute Gasteiger partial charge is 0.465 e. The highest BCUT2D eigenvalue weighted by molar-refractivity contribution is 5.81. The van der Waals surface area contributed by atoms with Crippen molar-refractivity contribution in [2.24, 2.45) is 10.8 Å². The molecule has 3 aromatic carbocycles. The third kappa shape index (κ3) is 8.70. The molecular formula is C40H51N3O6. The van der Waals surface area contributed by atoms with E-state index >= 15 is 0 Å². The molecule has 0 radical (unpaired) electrons. The van der Waals surface area contributed by atoms with E-state index in [0.717, 1.165) is 52.9 Å². The summed E-state index contributed by atoms with van der Waals surface area (Å²) in [7, 11) is 0. The smallest absolute Gasteiger partial charge is 0.325 e. The molecular weight excluding hydrogens is 618 g/mol. The maximum atomic E-state index is 12.3. The number of benzene rings is 3. The van der Waals surface area contributed by atoms with E-state index in [1.165, 1.54) is 19.3 Å². The summed E-state index contributed by atoms with van der Waals surface area (Å²) in [5, 5.41) is 15.0. The molecule has 9 heteroatoms. The van der Waals surface area contributed by atoms with Gasteiger partial charge in [-0.2, -0.15) is 0 Å². The quantitative estimate of drug-likeness (QED) is 0.196. The van der Waals surface area contributed by atoms with Gasteiger partial charge in [0.2, 0.25) is 0 Å². The summed E-state index contributed by atoms with van der Waals surface area (Å²) in [6, 6.07) is 24.4. The maximum Gasteiger partial charge on any atom is 0.325 e. The van der Waals surface area contributed by atoms with Crippen molar-refractivity contribution in [2.45, 2.75) is 91.1 Å². The fourth-order valence-electron chi connectivity index (χ4n) is 8.46. The van der Waals surface area contributed by atoms with Crippen molar-refractivity contribution in [3.63, 3.8) is 0 Å². The Morgan fingerprint density at radius 3 is 2.41 bits per heavy atom.